The molecule has 3 aromatic rings. The van der Waals surface area contributed by atoms with E-state index in [4.69, 9.17) is 23.8 Å². The van der Waals surface area contributed by atoms with E-state index < -0.39 is 4.92 Å². The number of rotatable bonds is 5. The zero-order valence-corrected chi connectivity index (χ0v) is 15.0. The van der Waals surface area contributed by atoms with Crippen molar-refractivity contribution in [1.29, 1.82) is 0 Å². The number of nitro benzene ring substituents is 1. The largest absolute Gasteiger partial charge is 0.332 e. The van der Waals surface area contributed by atoms with Crippen molar-refractivity contribution >= 4 is 46.1 Å². The molecule has 0 unspecified atom stereocenters. The van der Waals surface area contributed by atoms with Gasteiger partial charge in [-0.2, -0.15) is 5.10 Å². The Morgan fingerprint density at radius 3 is 2.50 bits per heavy atom. The van der Waals surface area contributed by atoms with Crippen LogP contribution >= 0.6 is 23.8 Å². The normalized spacial score (nSPS) is 10.3. The van der Waals surface area contributed by atoms with E-state index in [1.807, 2.05) is 30.3 Å². The Labute approximate surface area is 159 Å². The Morgan fingerprint density at radius 2 is 1.85 bits per heavy atom. The average Bonchev–Trinajstić information content (AvgIpc) is 2.95. The van der Waals surface area contributed by atoms with Crippen molar-refractivity contribution in [2.24, 2.45) is 0 Å². The Kier molecular flexibility index (Phi) is 5.45. The maximum atomic E-state index is 10.7. The Balaban J connectivity index is 1.63. The molecule has 0 fully saturated rings. The van der Waals surface area contributed by atoms with E-state index in [0.29, 0.717) is 23.1 Å². The molecule has 132 valence electrons. The number of nitrogens with zero attached hydrogens (tertiary/aromatic N) is 3. The van der Waals surface area contributed by atoms with Gasteiger partial charge in [-0.1, -0.05) is 41.9 Å². The first-order valence-corrected chi connectivity index (χ1v) is 8.39. The maximum absolute atomic E-state index is 10.7. The monoisotopic (exact) mass is 387 g/mol. The lowest BCUT2D eigenvalue weighted by Gasteiger charge is -2.08. The first-order chi connectivity index (χ1) is 12.5. The van der Waals surface area contributed by atoms with Crippen LogP contribution in [0.4, 0.5) is 17.2 Å². The molecule has 0 atom stereocenters. The number of anilines is 2. The lowest BCUT2D eigenvalue weighted by molar-refractivity contribution is -0.384. The molecule has 0 saturated heterocycles. The number of nitro groups is 1. The van der Waals surface area contributed by atoms with Crippen LogP contribution in [0.2, 0.25) is 5.02 Å². The van der Waals surface area contributed by atoms with Crippen LogP contribution in [-0.4, -0.2) is 19.8 Å². The SMILES string of the molecule is O=[N+]([O-])c1ccc(NC(=S)Nc2nn(Cc3ccccc3)cc2Cl)cc1. The second-order valence-electron chi connectivity index (χ2n) is 5.39. The number of thiocarbonyl (C=S) groups is 1. The number of benzene rings is 2. The fourth-order valence-corrected chi connectivity index (χ4v) is 2.68. The maximum Gasteiger partial charge on any atom is 0.269 e. The standard InChI is InChI=1S/C17H14ClN5O2S/c18-15-11-22(10-12-4-2-1-3-5-12)21-16(15)20-17(26)19-13-6-8-14(9-7-13)23(24)25/h1-9,11H,10H2,(H2,19,20,21,26). The fraction of sp³-hybridized carbons (Fsp3) is 0.0588. The van der Waals surface area contributed by atoms with E-state index in [1.54, 1.807) is 23.0 Å². The molecule has 0 bridgehead atoms. The molecule has 0 aliphatic rings. The number of nitrogens with one attached hydrogen (secondary N) is 2. The highest BCUT2D eigenvalue weighted by Gasteiger charge is 2.10. The molecule has 3 rings (SSSR count). The van der Waals surface area contributed by atoms with E-state index >= 15 is 0 Å². The summed E-state index contributed by atoms with van der Waals surface area (Å²) in [5.74, 6) is 0.432. The highest BCUT2D eigenvalue weighted by atomic mass is 35.5. The Morgan fingerprint density at radius 1 is 1.15 bits per heavy atom. The minimum absolute atomic E-state index is 0.0112. The highest BCUT2D eigenvalue weighted by molar-refractivity contribution is 7.80. The smallest absolute Gasteiger partial charge is 0.269 e. The minimum atomic E-state index is -0.459. The summed E-state index contributed by atoms with van der Waals surface area (Å²) in [4.78, 5) is 10.2. The third-order valence-corrected chi connectivity index (χ3v) is 3.95. The lowest BCUT2D eigenvalue weighted by atomic mass is 10.2. The molecule has 0 aliphatic carbocycles. The van der Waals surface area contributed by atoms with Crippen LogP contribution < -0.4 is 10.6 Å². The molecule has 0 saturated carbocycles. The summed E-state index contributed by atoms with van der Waals surface area (Å²) in [5, 5.41) is 21.6. The Bertz CT molecular complexity index is 928. The van der Waals surface area contributed by atoms with Gasteiger partial charge in [-0.3, -0.25) is 14.8 Å². The summed E-state index contributed by atoms with van der Waals surface area (Å²) < 4.78 is 1.72. The van der Waals surface area contributed by atoms with Crippen LogP contribution in [0.1, 0.15) is 5.56 Å². The number of hydrogen-bond acceptors (Lipinski definition) is 4. The predicted octanol–water partition coefficient (Wildman–Crippen LogP) is 4.30. The third kappa shape index (κ3) is 4.56. The second kappa shape index (κ2) is 7.94. The first kappa shape index (κ1) is 17.8. The molecule has 0 radical (unpaired) electrons. The Hall–Kier alpha value is -2.97. The van der Waals surface area contributed by atoms with Crippen LogP contribution in [-0.2, 0) is 6.54 Å². The average molecular weight is 388 g/mol. The molecule has 1 heterocycles. The summed E-state index contributed by atoms with van der Waals surface area (Å²) in [6, 6.07) is 15.8. The van der Waals surface area contributed by atoms with Crippen LogP contribution in [0.3, 0.4) is 0 Å². The molecule has 26 heavy (non-hydrogen) atoms. The van der Waals surface area contributed by atoms with Crippen molar-refractivity contribution < 1.29 is 4.92 Å². The zero-order chi connectivity index (χ0) is 18.5. The number of halogens is 1. The zero-order valence-electron chi connectivity index (χ0n) is 13.4. The summed E-state index contributed by atoms with van der Waals surface area (Å²) >= 11 is 11.4. The second-order valence-corrected chi connectivity index (χ2v) is 6.21. The van der Waals surface area contributed by atoms with Crippen molar-refractivity contribution in [3.8, 4) is 0 Å². The van der Waals surface area contributed by atoms with Crippen molar-refractivity contribution in [3.05, 3.63) is 81.5 Å². The van der Waals surface area contributed by atoms with Gasteiger partial charge in [-0.15, -0.1) is 0 Å². The first-order valence-electron chi connectivity index (χ1n) is 7.60. The van der Waals surface area contributed by atoms with E-state index in [0.717, 1.165) is 5.56 Å². The molecule has 0 aliphatic heterocycles. The van der Waals surface area contributed by atoms with Crippen LogP contribution in [0.15, 0.2) is 60.8 Å². The molecular formula is C17H14ClN5O2S. The molecular weight excluding hydrogens is 374 g/mol. The molecule has 0 amide bonds. The van der Waals surface area contributed by atoms with E-state index in [9.17, 15) is 10.1 Å². The van der Waals surface area contributed by atoms with Gasteiger partial charge in [0, 0.05) is 24.0 Å². The molecule has 2 aromatic carbocycles. The van der Waals surface area contributed by atoms with Gasteiger partial charge in [0.25, 0.3) is 5.69 Å². The number of non-ortho nitro benzene ring substituents is 1. The molecule has 7 nitrogen and oxygen atoms in total. The van der Waals surface area contributed by atoms with Gasteiger partial charge in [-0.05, 0) is 29.9 Å². The van der Waals surface area contributed by atoms with E-state index in [1.165, 1.54) is 12.1 Å². The van der Waals surface area contributed by atoms with E-state index in [-0.39, 0.29) is 10.8 Å². The predicted molar refractivity (Wildman–Crippen MR) is 106 cm³/mol. The molecule has 0 spiro atoms. The van der Waals surface area contributed by atoms with Gasteiger partial charge < -0.3 is 10.6 Å². The van der Waals surface area contributed by atoms with Gasteiger partial charge in [0.2, 0.25) is 0 Å². The van der Waals surface area contributed by atoms with Crippen LogP contribution in [0, 0.1) is 10.1 Å². The molecule has 2 N–H and O–H groups in total. The quantitative estimate of drug-likeness (QED) is 0.385. The summed E-state index contributed by atoms with van der Waals surface area (Å²) in [7, 11) is 0. The highest BCUT2D eigenvalue weighted by Crippen LogP contribution is 2.21. The fourth-order valence-electron chi connectivity index (χ4n) is 2.27. The van der Waals surface area contributed by atoms with Gasteiger partial charge >= 0.3 is 0 Å². The topological polar surface area (TPSA) is 85.0 Å². The van der Waals surface area contributed by atoms with Crippen LogP contribution in [0.25, 0.3) is 0 Å². The van der Waals surface area contributed by atoms with Gasteiger partial charge in [-0.25, -0.2) is 0 Å². The summed E-state index contributed by atoms with van der Waals surface area (Å²) in [6.45, 7) is 0.588. The van der Waals surface area contributed by atoms with Crippen molar-refractivity contribution in [2.75, 3.05) is 10.6 Å². The molecule has 1 aromatic heterocycles. The van der Waals surface area contributed by atoms with E-state index in [2.05, 4.69) is 15.7 Å². The number of hydrogen-bond donors (Lipinski definition) is 2. The van der Waals surface area contributed by atoms with Gasteiger partial charge in [0.1, 0.15) is 5.02 Å². The lowest BCUT2D eigenvalue weighted by Crippen LogP contribution is -2.19. The van der Waals surface area contributed by atoms with Crippen molar-refractivity contribution in [1.82, 2.24) is 9.78 Å². The summed E-state index contributed by atoms with van der Waals surface area (Å²) in [6.07, 6.45) is 1.71. The van der Waals surface area contributed by atoms with Gasteiger partial charge in [0.15, 0.2) is 10.9 Å². The van der Waals surface area contributed by atoms with Crippen molar-refractivity contribution in [3.63, 3.8) is 0 Å². The third-order valence-electron chi connectivity index (χ3n) is 3.47. The minimum Gasteiger partial charge on any atom is -0.332 e. The van der Waals surface area contributed by atoms with Gasteiger partial charge in [0.05, 0.1) is 11.5 Å². The van der Waals surface area contributed by atoms with Crippen molar-refractivity contribution in [2.45, 2.75) is 6.54 Å². The van der Waals surface area contributed by atoms with Crippen LogP contribution in [0.5, 0.6) is 0 Å². The summed E-state index contributed by atoms with van der Waals surface area (Å²) in [5.41, 5.74) is 1.73. The number of aromatic nitrogens is 2. The molecule has 9 heteroatoms.